The van der Waals surface area contributed by atoms with Gasteiger partial charge in [0.2, 0.25) is 5.91 Å². The molecule has 0 saturated heterocycles. The van der Waals surface area contributed by atoms with Crippen molar-refractivity contribution in [1.82, 2.24) is 0 Å². The van der Waals surface area contributed by atoms with Gasteiger partial charge in [-0.05, 0) is 67.6 Å². The molecule has 0 aliphatic rings. The number of benzene rings is 3. The van der Waals surface area contributed by atoms with Crippen molar-refractivity contribution in [2.75, 3.05) is 22.1 Å². The van der Waals surface area contributed by atoms with Gasteiger partial charge in [0.25, 0.3) is 5.91 Å². The molecule has 0 aromatic heterocycles. The number of hydrogen-bond acceptors (Lipinski definition) is 6. The molecule has 2 N–H and O–H groups in total. The molecule has 0 spiro atoms. The molecule has 1 unspecified atom stereocenters. The lowest BCUT2D eigenvalue weighted by Gasteiger charge is -2.14. The minimum atomic E-state index is -0.990. The number of nitrogens with one attached hydrogen (secondary N) is 2. The molecule has 1 atom stereocenters. The van der Waals surface area contributed by atoms with Crippen LogP contribution in [-0.4, -0.2) is 35.4 Å². The number of esters is 1. The lowest BCUT2D eigenvalue weighted by Crippen LogP contribution is -2.30. The van der Waals surface area contributed by atoms with Crippen molar-refractivity contribution >= 4 is 52.5 Å². The average molecular weight is 499 g/mol. The van der Waals surface area contributed by atoms with Crippen molar-refractivity contribution in [3.05, 3.63) is 83.9 Å². The van der Waals surface area contributed by atoms with E-state index in [1.54, 1.807) is 48.5 Å². The Morgan fingerprint density at radius 1 is 0.824 bits per heavy atom. The summed E-state index contributed by atoms with van der Waals surface area (Å²) in [6.07, 6.45) is -0.990. The zero-order valence-corrected chi connectivity index (χ0v) is 19.9. The van der Waals surface area contributed by atoms with Gasteiger partial charge in [-0.1, -0.05) is 29.8 Å². The van der Waals surface area contributed by atoms with Gasteiger partial charge in [0.05, 0.1) is 11.5 Å². The summed E-state index contributed by atoms with van der Waals surface area (Å²) in [4.78, 5) is 36.3. The zero-order valence-electron chi connectivity index (χ0n) is 18.3. The van der Waals surface area contributed by atoms with Gasteiger partial charge in [0.15, 0.2) is 6.10 Å². The SMILES string of the molecule is CC(OC(=O)CSCC(=O)Nc1ccc(Cl)cc1)C(=O)Nc1ccc(Oc2ccccc2)cc1. The molecule has 0 aliphatic carbocycles. The Kier molecular flexibility index (Phi) is 9.37. The van der Waals surface area contributed by atoms with Crippen LogP contribution in [0.2, 0.25) is 5.02 Å². The molecule has 0 bridgehead atoms. The van der Waals surface area contributed by atoms with Crippen molar-refractivity contribution < 1.29 is 23.9 Å². The lowest BCUT2D eigenvalue weighted by atomic mass is 10.2. The summed E-state index contributed by atoms with van der Waals surface area (Å²) in [6, 6.07) is 22.9. The van der Waals surface area contributed by atoms with Gasteiger partial charge in [0.1, 0.15) is 11.5 Å². The Morgan fingerprint density at radius 3 is 2.09 bits per heavy atom. The Morgan fingerprint density at radius 2 is 1.41 bits per heavy atom. The molecule has 7 nitrogen and oxygen atoms in total. The third-order valence-corrected chi connectivity index (χ3v) is 5.52. The summed E-state index contributed by atoms with van der Waals surface area (Å²) in [5, 5.41) is 5.97. The number of para-hydroxylation sites is 1. The summed E-state index contributed by atoms with van der Waals surface area (Å²) >= 11 is 6.90. The monoisotopic (exact) mass is 498 g/mol. The molecule has 3 aromatic carbocycles. The number of amides is 2. The maximum atomic E-state index is 12.3. The summed E-state index contributed by atoms with van der Waals surface area (Å²) in [7, 11) is 0. The van der Waals surface area contributed by atoms with Crippen LogP contribution in [0.15, 0.2) is 78.9 Å². The first-order valence-corrected chi connectivity index (χ1v) is 11.9. The minimum absolute atomic E-state index is 0.0584. The van der Waals surface area contributed by atoms with Crippen molar-refractivity contribution in [3.8, 4) is 11.5 Å². The molecule has 0 heterocycles. The Bertz CT molecular complexity index is 1110. The number of ether oxygens (including phenoxy) is 2. The summed E-state index contributed by atoms with van der Waals surface area (Å²) in [6.45, 7) is 1.48. The van der Waals surface area contributed by atoms with Gasteiger partial charge in [-0.3, -0.25) is 14.4 Å². The van der Waals surface area contributed by atoms with E-state index in [4.69, 9.17) is 21.1 Å². The highest BCUT2D eigenvalue weighted by Gasteiger charge is 2.18. The molecule has 3 rings (SSSR count). The van der Waals surface area contributed by atoms with Crippen molar-refractivity contribution in [3.63, 3.8) is 0 Å². The van der Waals surface area contributed by atoms with E-state index in [1.807, 2.05) is 30.3 Å². The van der Waals surface area contributed by atoms with Crippen molar-refractivity contribution in [2.45, 2.75) is 13.0 Å². The van der Waals surface area contributed by atoms with Crippen molar-refractivity contribution in [2.24, 2.45) is 0 Å². The fourth-order valence-electron chi connectivity index (χ4n) is 2.72. The first-order valence-electron chi connectivity index (χ1n) is 10.4. The molecule has 9 heteroatoms. The maximum absolute atomic E-state index is 12.3. The molecule has 0 fully saturated rings. The number of anilines is 2. The van der Waals surface area contributed by atoms with Crippen LogP contribution in [0.25, 0.3) is 0 Å². The third kappa shape index (κ3) is 8.46. The van der Waals surface area contributed by atoms with Gasteiger partial charge in [-0.2, -0.15) is 0 Å². The number of thioether (sulfide) groups is 1. The van der Waals surface area contributed by atoms with Gasteiger partial charge in [-0.25, -0.2) is 0 Å². The van der Waals surface area contributed by atoms with E-state index in [2.05, 4.69) is 10.6 Å². The van der Waals surface area contributed by atoms with Crippen LogP contribution in [0.1, 0.15) is 6.92 Å². The summed E-state index contributed by atoms with van der Waals surface area (Å²) < 4.78 is 10.9. The van der Waals surface area contributed by atoms with Crippen LogP contribution in [-0.2, 0) is 19.1 Å². The van der Waals surface area contributed by atoms with Gasteiger partial charge < -0.3 is 20.1 Å². The van der Waals surface area contributed by atoms with E-state index in [-0.39, 0.29) is 17.4 Å². The highest BCUT2D eigenvalue weighted by molar-refractivity contribution is 8.00. The van der Waals surface area contributed by atoms with E-state index >= 15 is 0 Å². The minimum Gasteiger partial charge on any atom is -0.457 e. The van der Waals surface area contributed by atoms with Crippen molar-refractivity contribution in [1.29, 1.82) is 0 Å². The second kappa shape index (κ2) is 12.7. The number of carbonyl (C=O) groups is 3. The van der Waals surface area contributed by atoms with E-state index in [0.717, 1.165) is 11.8 Å². The van der Waals surface area contributed by atoms with Crippen LogP contribution in [0.4, 0.5) is 11.4 Å². The van der Waals surface area contributed by atoms with E-state index in [0.29, 0.717) is 27.9 Å². The smallest absolute Gasteiger partial charge is 0.316 e. The van der Waals surface area contributed by atoms with Crippen LogP contribution in [0, 0.1) is 0 Å². The molecular formula is C25H23ClN2O5S. The number of carbonyl (C=O) groups excluding carboxylic acids is 3. The van der Waals surface area contributed by atoms with Crippen LogP contribution < -0.4 is 15.4 Å². The molecule has 176 valence electrons. The maximum Gasteiger partial charge on any atom is 0.316 e. The van der Waals surface area contributed by atoms with Crippen LogP contribution in [0.5, 0.6) is 11.5 Å². The molecule has 34 heavy (non-hydrogen) atoms. The Balaban J connectivity index is 1.36. The standard InChI is InChI=1S/C25H23ClN2O5S/c1-17(32-24(30)16-34-15-23(29)27-19-9-7-18(26)8-10-19)25(31)28-20-11-13-22(14-12-20)33-21-5-3-2-4-6-21/h2-14,17H,15-16H2,1H3,(H,27,29)(H,28,31). The Labute approximate surface area is 206 Å². The Hall–Kier alpha value is -3.49. The van der Waals surface area contributed by atoms with E-state index < -0.39 is 18.0 Å². The number of halogens is 1. The van der Waals surface area contributed by atoms with E-state index in [9.17, 15) is 14.4 Å². The lowest BCUT2D eigenvalue weighted by molar-refractivity contribution is -0.150. The van der Waals surface area contributed by atoms with Gasteiger partial charge >= 0.3 is 5.97 Å². The summed E-state index contributed by atoms with van der Waals surface area (Å²) in [5.74, 6) is 0.0352. The first kappa shape index (κ1) is 25.1. The largest absolute Gasteiger partial charge is 0.457 e. The zero-order chi connectivity index (χ0) is 24.3. The highest BCUT2D eigenvalue weighted by Crippen LogP contribution is 2.22. The third-order valence-electron chi connectivity index (χ3n) is 4.36. The summed E-state index contributed by atoms with van der Waals surface area (Å²) in [5.41, 5.74) is 1.16. The number of rotatable bonds is 10. The fraction of sp³-hybridized carbons (Fsp3) is 0.160. The van der Waals surface area contributed by atoms with Crippen LogP contribution in [0.3, 0.4) is 0 Å². The highest BCUT2D eigenvalue weighted by atomic mass is 35.5. The topological polar surface area (TPSA) is 93.7 Å². The van der Waals surface area contributed by atoms with E-state index in [1.165, 1.54) is 6.92 Å². The number of hydrogen-bond donors (Lipinski definition) is 2. The molecule has 0 radical (unpaired) electrons. The fourth-order valence-corrected chi connectivity index (χ4v) is 3.44. The predicted molar refractivity (Wildman–Crippen MR) is 135 cm³/mol. The predicted octanol–water partition coefficient (Wildman–Crippen LogP) is 5.37. The molecular weight excluding hydrogens is 476 g/mol. The molecule has 2 amide bonds. The molecule has 3 aromatic rings. The normalized spacial score (nSPS) is 11.2. The van der Waals surface area contributed by atoms with Crippen LogP contribution >= 0.6 is 23.4 Å². The second-order valence-electron chi connectivity index (χ2n) is 7.11. The van der Waals surface area contributed by atoms with Gasteiger partial charge in [-0.15, -0.1) is 11.8 Å². The second-order valence-corrected chi connectivity index (χ2v) is 8.53. The molecule has 0 saturated carbocycles. The first-order chi connectivity index (χ1) is 16.4. The quantitative estimate of drug-likeness (QED) is 0.365. The van der Waals surface area contributed by atoms with Gasteiger partial charge in [0, 0.05) is 16.4 Å². The molecule has 0 aliphatic heterocycles. The average Bonchev–Trinajstić information content (AvgIpc) is 2.82.